The third-order valence-electron chi connectivity index (χ3n) is 4.19. The number of carbonyl (C=O) groups excluding carboxylic acids is 1. The molecule has 1 aromatic carbocycles. The molecular formula is C20H18FN3O5. The number of aromatic nitrogens is 2. The number of methoxy groups -OCH3 is 1. The molecule has 0 fully saturated rings. The highest BCUT2D eigenvalue weighted by Crippen LogP contribution is 2.32. The molecule has 29 heavy (non-hydrogen) atoms. The molecule has 150 valence electrons. The van der Waals surface area contributed by atoms with Gasteiger partial charge in [0.25, 0.3) is 0 Å². The molecule has 1 amide bonds. The summed E-state index contributed by atoms with van der Waals surface area (Å²) >= 11 is 0. The van der Waals surface area contributed by atoms with Gasteiger partial charge in [-0.3, -0.25) is 9.78 Å². The molecule has 0 radical (unpaired) electrons. The molecule has 0 spiro atoms. The molecule has 0 unspecified atom stereocenters. The van der Waals surface area contributed by atoms with Crippen LogP contribution < -0.4 is 5.32 Å². The summed E-state index contributed by atoms with van der Waals surface area (Å²) in [6.07, 6.45) is 1.95. The van der Waals surface area contributed by atoms with Crippen LogP contribution in [0.4, 0.5) is 10.2 Å². The van der Waals surface area contributed by atoms with Crippen molar-refractivity contribution in [2.24, 2.45) is 0 Å². The number of pyridine rings is 2. The molecule has 3 rings (SSSR count). The van der Waals surface area contributed by atoms with Crippen molar-refractivity contribution in [1.29, 1.82) is 0 Å². The van der Waals surface area contributed by atoms with E-state index in [1.807, 2.05) is 0 Å². The minimum atomic E-state index is -1.45. The molecule has 0 aliphatic heterocycles. The van der Waals surface area contributed by atoms with Crippen LogP contribution in [0.2, 0.25) is 0 Å². The number of aromatic carboxylic acids is 1. The summed E-state index contributed by atoms with van der Waals surface area (Å²) in [5, 5.41) is 22.4. The third kappa shape index (κ3) is 4.64. The van der Waals surface area contributed by atoms with Gasteiger partial charge >= 0.3 is 5.97 Å². The maximum absolute atomic E-state index is 13.1. The van der Waals surface area contributed by atoms with Crippen LogP contribution in [-0.2, 0) is 16.0 Å². The van der Waals surface area contributed by atoms with E-state index < -0.39 is 23.3 Å². The average molecular weight is 399 g/mol. The molecule has 8 nitrogen and oxygen atoms in total. The van der Waals surface area contributed by atoms with Crippen LogP contribution in [0.25, 0.3) is 10.9 Å². The van der Waals surface area contributed by atoms with Gasteiger partial charge in [-0.2, -0.15) is 0 Å². The van der Waals surface area contributed by atoms with Gasteiger partial charge in [0.15, 0.2) is 11.4 Å². The van der Waals surface area contributed by atoms with Crippen molar-refractivity contribution in [3.05, 3.63) is 59.2 Å². The number of aromatic hydroxyl groups is 1. The highest BCUT2D eigenvalue weighted by Gasteiger charge is 2.21. The van der Waals surface area contributed by atoms with Gasteiger partial charge in [0.1, 0.15) is 17.2 Å². The third-order valence-corrected chi connectivity index (χ3v) is 4.19. The van der Waals surface area contributed by atoms with Crippen molar-refractivity contribution in [2.75, 3.05) is 19.0 Å². The monoisotopic (exact) mass is 399 g/mol. The standard InChI is InChI=1S/C20H18FN3O5/c1-29-7-6-15(25)23-19-14-9-12(8-11-2-4-13(21)5-3-11)10-22-16(14)18(26)17(24-19)20(27)28/h2-5,9-10,26H,6-8H2,1H3,(H,27,28)(H,23,24,25). The normalized spacial score (nSPS) is 10.8. The zero-order valence-electron chi connectivity index (χ0n) is 15.5. The fraction of sp³-hybridized carbons (Fsp3) is 0.200. The first-order chi connectivity index (χ1) is 13.9. The lowest BCUT2D eigenvalue weighted by atomic mass is 10.0. The second-order valence-electron chi connectivity index (χ2n) is 6.30. The molecule has 2 heterocycles. The van der Waals surface area contributed by atoms with Gasteiger partial charge < -0.3 is 20.3 Å². The Morgan fingerprint density at radius 2 is 1.93 bits per heavy atom. The largest absolute Gasteiger partial charge is 0.504 e. The first kappa shape index (κ1) is 20.2. The zero-order valence-corrected chi connectivity index (χ0v) is 15.5. The summed E-state index contributed by atoms with van der Waals surface area (Å²) in [5.41, 5.74) is 0.930. The number of benzene rings is 1. The van der Waals surface area contributed by atoms with Crippen molar-refractivity contribution in [3.8, 4) is 5.75 Å². The van der Waals surface area contributed by atoms with E-state index in [-0.39, 0.29) is 35.6 Å². The van der Waals surface area contributed by atoms with Gasteiger partial charge in [-0.15, -0.1) is 0 Å². The summed E-state index contributed by atoms with van der Waals surface area (Å²) in [6.45, 7) is 0.182. The number of anilines is 1. The van der Waals surface area contributed by atoms with E-state index in [2.05, 4.69) is 15.3 Å². The van der Waals surface area contributed by atoms with Crippen LogP contribution in [0, 0.1) is 5.82 Å². The maximum Gasteiger partial charge on any atom is 0.358 e. The van der Waals surface area contributed by atoms with Crippen LogP contribution in [0.15, 0.2) is 36.5 Å². The minimum absolute atomic E-state index is 0.00213. The van der Waals surface area contributed by atoms with Gasteiger partial charge in [-0.25, -0.2) is 14.2 Å². The SMILES string of the molecule is COCCC(=O)Nc1nc(C(=O)O)c(O)c2ncc(Cc3ccc(F)cc3)cc12. The Labute approximate surface area is 165 Å². The van der Waals surface area contributed by atoms with Crippen molar-refractivity contribution >= 4 is 28.6 Å². The Morgan fingerprint density at radius 1 is 1.21 bits per heavy atom. The number of nitrogens with zero attached hydrogens (tertiary/aromatic N) is 2. The van der Waals surface area contributed by atoms with E-state index in [1.165, 1.54) is 25.4 Å². The quantitative estimate of drug-likeness (QED) is 0.558. The average Bonchev–Trinajstić information content (AvgIpc) is 2.70. The summed E-state index contributed by atoms with van der Waals surface area (Å²) in [4.78, 5) is 31.5. The van der Waals surface area contributed by atoms with Gasteiger partial charge in [0, 0.05) is 18.7 Å². The molecule has 0 atom stereocenters. The lowest BCUT2D eigenvalue weighted by molar-refractivity contribution is -0.117. The number of carboxylic acid groups (broad SMARTS) is 1. The van der Waals surface area contributed by atoms with E-state index in [0.29, 0.717) is 12.0 Å². The van der Waals surface area contributed by atoms with E-state index in [4.69, 9.17) is 4.74 Å². The predicted octanol–water partition coefficient (Wildman–Crippen LogP) is 2.74. The molecule has 3 N–H and O–H groups in total. The smallest absolute Gasteiger partial charge is 0.358 e. The second kappa shape index (κ2) is 8.61. The molecule has 3 aromatic rings. The van der Waals surface area contributed by atoms with E-state index in [1.54, 1.807) is 18.2 Å². The summed E-state index contributed by atoms with van der Waals surface area (Å²) < 4.78 is 18.0. The molecular weight excluding hydrogens is 381 g/mol. The van der Waals surface area contributed by atoms with Crippen molar-refractivity contribution < 1.29 is 28.9 Å². The number of amides is 1. The van der Waals surface area contributed by atoms with E-state index >= 15 is 0 Å². The number of carbonyl (C=O) groups is 2. The first-order valence-corrected chi connectivity index (χ1v) is 8.67. The number of ether oxygens (including phenoxy) is 1. The Morgan fingerprint density at radius 3 is 2.59 bits per heavy atom. The number of rotatable bonds is 7. The topological polar surface area (TPSA) is 122 Å². The van der Waals surface area contributed by atoms with Crippen LogP contribution in [-0.4, -0.2) is 45.8 Å². The molecule has 0 saturated heterocycles. The Balaban J connectivity index is 2.04. The second-order valence-corrected chi connectivity index (χ2v) is 6.30. The Bertz CT molecular complexity index is 1070. The highest BCUT2D eigenvalue weighted by molar-refractivity contribution is 6.05. The van der Waals surface area contributed by atoms with Gasteiger partial charge in [-0.05, 0) is 35.7 Å². The fourth-order valence-electron chi connectivity index (χ4n) is 2.78. The van der Waals surface area contributed by atoms with Crippen molar-refractivity contribution in [1.82, 2.24) is 9.97 Å². The number of hydrogen-bond acceptors (Lipinski definition) is 6. The van der Waals surface area contributed by atoms with Crippen LogP contribution in [0.5, 0.6) is 5.75 Å². The maximum atomic E-state index is 13.1. The first-order valence-electron chi connectivity index (χ1n) is 8.67. The minimum Gasteiger partial charge on any atom is -0.504 e. The van der Waals surface area contributed by atoms with Crippen LogP contribution in [0.1, 0.15) is 28.0 Å². The Kier molecular flexibility index (Phi) is 5.99. The molecule has 0 aliphatic rings. The van der Waals surface area contributed by atoms with E-state index in [0.717, 1.165) is 5.56 Å². The van der Waals surface area contributed by atoms with Crippen molar-refractivity contribution in [2.45, 2.75) is 12.8 Å². The van der Waals surface area contributed by atoms with Gasteiger partial charge in [-0.1, -0.05) is 12.1 Å². The van der Waals surface area contributed by atoms with Crippen LogP contribution in [0.3, 0.4) is 0 Å². The molecule has 9 heteroatoms. The van der Waals surface area contributed by atoms with E-state index in [9.17, 15) is 24.2 Å². The number of hydrogen-bond donors (Lipinski definition) is 3. The number of nitrogens with one attached hydrogen (secondary N) is 1. The van der Waals surface area contributed by atoms with Gasteiger partial charge in [0.2, 0.25) is 5.91 Å². The predicted molar refractivity (Wildman–Crippen MR) is 102 cm³/mol. The lowest BCUT2D eigenvalue weighted by Gasteiger charge is -2.12. The molecule has 0 saturated carbocycles. The van der Waals surface area contributed by atoms with Gasteiger partial charge in [0.05, 0.1) is 13.0 Å². The summed E-state index contributed by atoms with van der Waals surface area (Å²) in [7, 11) is 1.45. The number of fused-ring (bicyclic) bond motifs is 1. The highest BCUT2D eigenvalue weighted by atomic mass is 19.1. The zero-order chi connectivity index (χ0) is 21.0. The van der Waals surface area contributed by atoms with Crippen molar-refractivity contribution in [3.63, 3.8) is 0 Å². The fourth-order valence-corrected chi connectivity index (χ4v) is 2.78. The van der Waals surface area contributed by atoms with Crippen LogP contribution >= 0.6 is 0 Å². The number of halogens is 1. The molecule has 2 aromatic heterocycles. The Hall–Kier alpha value is -3.59. The summed E-state index contributed by atoms with van der Waals surface area (Å²) in [5.74, 6) is -2.83. The molecule has 0 bridgehead atoms. The number of carboxylic acids is 1. The summed E-state index contributed by atoms with van der Waals surface area (Å²) in [6, 6.07) is 7.61. The lowest BCUT2D eigenvalue weighted by Crippen LogP contribution is -2.16. The molecule has 0 aliphatic carbocycles.